The van der Waals surface area contributed by atoms with E-state index >= 15 is 0 Å². The van der Waals surface area contributed by atoms with E-state index in [2.05, 4.69) is 0 Å². The number of hydrogen-bond acceptors (Lipinski definition) is 3. The van der Waals surface area contributed by atoms with Crippen molar-refractivity contribution in [1.29, 1.82) is 0 Å². The first-order valence-corrected chi connectivity index (χ1v) is 7.68. The van der Waals surface area contributed by atoms with Crippen molar-refractivity contribution < 1.29 is 14.3 Å². The lowest BCUT2D eigenvalue weighted by Crippen LogP contribution is -2.51. The molecular formula is C15H19Cl2NO3. The second-order valence-corrected chi connectivity index (χ2v) is 6.18. The van der Waals surface area contributed by atoms with Crippen molar-refractivity contribution in [3.05, 3.63) is 28.2 Å². The Morgan fingerprint density at radius 3 is 2.52 bits per heavy atom. The minimum absolute atomic E-state index is 0.0315. The van der Waals surface area contributed by atoms with Crippen molar-refractivity contribution in [3.8, 4) is 5.75 Å². The molecule has 3 atom stereocenters. The minimum Gasteiger partial charge on any atom is -0.479 e. The number of nitrogens with zero attached hydrogens (tertiary/aromatic N) is 1. The molecule has 1 heterocycles. The van der Waals surface area contributed by atoms with Crippen molar-refractivity contribution >= 4 is 29.1 Å². The molecule has 1 aliphatic rings. The number of carbonyl (C=O) groups is 1. The Bertz CT molecular complexity index is 514. The highest BCUT2D eigenvalue weighted by atomic mass is 35.5. The summed E-state index contributed by atoms with van der Waals surface area (Å²) in [7, 11) is 0. The Morgan fingerprint density at radius 1 is 1.33 bits per heavy atom. The van der Waals surface area contributed by atoms with E-state index in [1.807, 2.05) is 13.8 Å². The quantitative estimate of drug-likeness (QED) is 0.852. The van der Waals surface area contributed by atoms with Gasteiger partial charge in [-0.2, -0.15) is 0 Å². The van der Waals surface area contributed by atoms with E-state index in [1.165, 1.54) is 0 Å². The lowest BCUT2D eigenvalue weighted by atomic mass is 10.2. The van der Waals surface area contributed by atoms with Gasteiger partial charge in [0.2, 0.25) is 0 Å². The Labute approximate surface area is 134 Å². The van der Waals surface area contributed by atoms with E-state index in [4.69, 9.17) is 32.7 Å². The molecule has 1 aromatic rings. The van der Waals surface area contributed by atoms with Crippen LogP contribution in [-0.2, 0) is 9.53 Å². The van der Waals surface area contributed by atoms with Crippen LogP contribution in [-0.4, -0.2) is 42.2 Å². The summed E-state index contributed by atoms with van der Waals surface area (Å²) in [4.78, 5) is 14.2. The van der Waals surface area contributed by atoms with Gasteiger partial charge in [0.25, 0.3) is 5.91 Å². The van der Waals surface area contributed by atoms with Gasteiger partial charge < -0.3 is 14.4 Å². The Morgan fingerprint density at radius 2 is 1.95 bits per heavy atom. The summed E-state index contributed by atoms with van der Waals surface area (Å²) in [5, 5.41) is 0.924. The van der Waals surface area contributed by atoms with Crippen molar-refractivity contribution in [1.82, 2.24) is 4.90 Å². The van der Waals surface area contributed by atoms with Gasteiger partial charge in [0, 0.05) is 18.1 Å². The van der Waals surface area contributed by atoms with Crippen molar-refractivity contribution in [2.45, 2.75) is 39.1 Å². The van der Waals surface area contributed by atoms with E-state index in [0.29, 0.717) is 28.9 Å². The number of halogens is 2. The second-order valence-electron chi connectivity index (χ2n) is 5.34. The molecule has 116 valence electrons. The molecule has 0 N–H and O–H groups in total. The van der Waals surface area contributed by atoms with E-state index < -0.39 is 6.10 Å². The van der Waals surface area contributed by atoms with Gasteiger partial charge in [-0.1, -0.05) is 23.2 Å². The third kappa shape index (κ3) is 4.25. The van der Waals surface area contributed by atoms with Crippen LogP contribution in [0.4, 0.5) is 0 Å². The molecule has 0 aliphatic carbocycles. The average Bonchev–Trinajstić information content (AvgIpc) is 2.40. The Balaban J connectivity index is 2.02. The van der Waals surface area contributed by atoms with Gasteiger partial charge in [-0.3, -0.25) is 4.79 Å². The number of rotatable bonds is 3. The maximum atomic E-state index is 12.4. The molecular weight excluding hydrogens is 313 g/mol. The Hall–Kier alpha value is -0.970. The van der Waals surface area contributed by atoms with E-state index in [9.17, 15) is 4.79 Å². The van der Waals surface area contributed by atoms with E-state index in [0.717, 1.165) is 0 Å². The zero-order chi connectivity index (χ0) is 15.6. The van der Waals surface area contributed by atoms with Gasteiger partial charge in [0.05, 0.1) is 17.2 Å². The predicted molar refractivity (Wildman–Crippen MR) is 83.1 cm³/mol. The molecule has 0 bridgehead atoms. The molecule has 1 aliphatic heterocycles. The normalized spacial score (nSPS) is 23.8. The first kappa shape index (κ1) is 16.4. The highest BCUT2D eigenvalue weighted by Crippen LogP contribution is 2.28. The summed E-state index contributed by atoms with van der Waals surface area (Å²) in [5.74, 6) is 0.388. The van der Waals surface area contributed by atoms with Gasteiger partial charge >= 0.3 is 0 Å². The number of amides is 1. The molecule has 4 nitrogen and oxygen atoms in total. The SMILES string of the molecule is CC1CN(C(=O)C(C)Oc2ccc(Cl)cc2Cl)CC(C)O1. The van der Waals surface area contributed by atoms with E-state index in [-0.39, 0.29) is 18.1 Å². The standard InChI is InChI=1S/C15H19Cl2NO3/c1-9-7-18(8-10(2)20-9)15(19)11(3)21-14-5-4-12(16)6-13(14)17/h4-6,9-11H,7-8H2,1-3H3. The fraction of sp³-hybridized carbons (Fsp3) is 0.533. The molecule has 1 amide bonds. The first-order valence-electron chi connectivity index (χ1n) is 6.92. The molecule has 1 fully saturated rings. The average molecular weight is 332 g/mol. The third-order valence-corrected chi connectivity index (χ3v) is 3.81. The van der Waals surface area contributed by atoms with Gasteiger partial charge in [-0.05, 0) is 39.0 Å². The van der Waals surface area contributed by atoms with Gasteiger partial charge in [-0.15, -0.1) is 0 Å². The van der Waals surface area contributed by atoms with Crippen LogP contribution in [0.2, 0.25) is 10.0 Å². The lowest BCUT2D eigenvalue weighted by Gasteiger charge is -2.36. The van der Waals surface area contributed by atoms with Gasteiger partial charge in [0.1, 0.15) is 5.75 Å². The molecule has 6 heteroatoms. The Kier molecular flexibility index (Phi) is 5.36. The first-order chi connectivity index (χ1) is 9.86. The third-order valence-electron chi connectivity index (χ3n) is 3.28. The molecule has 1 saturated heterocycles. The fourth-order valence-corrected chi connectivity index (χ4v) is 2.88. The van der Waals surface area contributed by atoms with Crippen LogP contribution in [0.3, 0.4) is 0 Å². The van der Waals surface area contributed by atoms with Crippen LogP contribution in [0.25, 0.3) is 0 Å². The topological polar surface area (TPSA) is 38.8 Å². The fourth-order valence-electron chi connectivity index (χ4n) is 2.43. The van der Waals surface area contributed by atoms with Gasteiger partial charge in [0.15, 0.2) is 6.10 Å². The van der Waals surface area contributed by atoms with Crippen LogP contribution in [0, 0.1) is 0 Å². The smallest absolute Gasteiger partial charge is 0.263 e. The summed E-state index contributed by atoms with van der Waals surface area (Å²) in [5.41, 5.74) is 0. The number of morpholine rings is 1. The molecule has 1 aromatic carbocycles. The summed E-state index contributed by atoms with van der Waals surface area (Å²) >= 11 is 11.9. The molecule has 3 unspecified atom stereocenters. The molecule has 0 saturated carbocycles. The lowest BCUT2D eigenvalue weighted by molar-refractivity contribution is -0.149. The number of benzene rings is 1. The highest BCUT2D eigenvalue weighted by molar-refractivity contribution is 6.35. The van der Waals surface area contributed by atoms with Crippen molar-refractivity contribution in [2.24, 2.45) is 0 Å². The summed E-state index contributed by atoms with van der Waals surface area (Å²) in [6, 6.07) is 4.94. The summed E-state index contributed by atoms with van der Waals surface area (Å²) < 4.78 is 11.3. The molecule has 0 aromatic heterocycles. The summed E-state index contributed by atoms with van der Waals surface area (Å²) in [6.07, 6.45) is -0.547. The zero-order valence-electron chi connectivity index (χ0n) is 12.3. The molecule has 2 rings (SSSR count). The van der Waals surface area contributed by atoms with E-state index in [1.54, 1.807) is 30.0 Å². The van der Waals surface area contributed by atoms with Crippen molar-refractivity contribution in [3.63, 3.8) is 0 Å². The molecule has 21 heavy (non-hydrogen) atoms. The number of carbonyl (C=O) groups excluding carboxylic acids is 1. The maximum absolute atomic E-state index is 12.4. The minimum atomic E-state index is -0.610. The van der Waals surface area contributed by atoms with Crippen LogP contribution < -0.4 is 4.74 Å². The van der Waals surface area contributed by atoms with Crippen molar-refractivity contribution in [2.75, 3.05) is 13.1 Å². The zero-order valence-corrected chi connectivity index (χ0v) is 13.8. The van der Waals surface area contributed by atoms with Crippen LogP contribution >= 0.6 is 23.2 Å². The van der Waals surface area contributed by atoms with Crippen LogP contribution in [0.1, 0.15) is 20.8 Å². The predicted octanol–water partition coefficient (Wildman–Crippen LogP) is 3.40. The monoisotopic (exact) mass is 331 g/mol. The second kappa shape index (κ2) is 6.86. The largest absolute Gasteiger partial charge is 0.479 e. The number of ether oxygens (including phenoxy) is 2. The highest BCUT2D eigenvalue weighted by Gasteiger charge is 2.29. The number of hydrogen-bond donors (Lipinski definition) is 0. The molecule has 0 spiro atoms. The summed E-state index contributed by atoms with van der Waals surface area (Å²) in [6.45, 7) is 6.78. The van der Waals surface area contributed by atoms with Gasteiger partial charge in [-0.25, -0.2) is 0 Å². The maximum Gasteiger partial charge on any atom is 0.263 e. The van der Waals surface area contributed by atoms with Crippen LogP contribution in [0.5, 0.6) is 5.75 Å². The molecule has 0 radical (unpaired) electrons. The van der Waals surface area contributed by atoms with Crippen LogP contribution in [0.15, 0.2) is 18.2 Å².